The van der Waals surface area contributed by atoms with Gasteiger partial charge in [0.15, 0.2) is 0 Å². The number of aryl methyl sites for hydroxylation is 1. The third-order valence-electron chi connectivity index (χ3n) is 5.79. The van der Waals surface area contributed by atoms with Crippen LogP contribution in [0.5, 0.6) is 0 Å². The summed E-state index contributed by atoms with van der Waals surface area (Å²) >= 11 is 1.56. The number of carbonyl (C=O) groups excluding carboxylic acids is 2. The molecule has 3 aliphatic rings. The molecule has 26 heavy (non-hydrogen) atoms. The van der Waals surface area contributed by atoms with E-state index >= 15 is 0 Å². The van der Waals surface area contributed by atoms with Crippen molar-refractivity contribution in [3.05, 3.63) is 23.8 Å². The van der Waals surface area contributed by atoms with Gasteiger partial charge in [0.1, 0.15) is 6.54 Å². The van der Waals surface area contributed by atoms with Gasteiger partial charge in [-0.3, -0.25) is 9.59 Å². The highest BCUT2D eigenvalue weighted by Gasteiger charge is 2.38. The van der Waals surface area contributed by atoms with Crippen LogP contribution in [0.2, 0.25) is 0 Å². The van der Waals surface area contributed by atoms with Crippen LogP contribution in [0.1, 0.15) is 37.7 Å². The molecular formula is C20H26N2O3S. The van der Waals surface area contributed by atoms with E-state index in [0.717, 1.165) is 62.4 Å². The third kappa shape index (κ3) is 3.49. The molecule has 2 fully saturated rings. The molecule has 4 rings (SSSR count). The van der Waals surface area contributed by atoms with Gasteiger partial charge < -0.3 is 14.5 Å². The number of carbonyl (C=O) groups is 2. The second kappa shape index (κ2) is 7.24. The third-order valence-corrected chi connectivity index (χ3v) is 6.82. The first-order valence-electron chi connectivity index (χ1n) is 9.52. The molecule has 0 unspecified atom stereocenters. The molecule has 5 nitrogen and oxygen atoms in total. The van der Waals surface area contributed by atoms with Gasteiger partial charge in [-0.15, -0.1) is 11.8 Å². The summed E-state index contributed by atoms with van der Waals surface area (Å²) in [6, 6.07) is 6.06. The maximum atomic E-state index is 12.9. The topological polar surface area (TPSA) is 49.9 Å². The van der Waals surface area contributed by atoms with Crippen molar-refractivity contribution < 1.29 is 14.3 Å². The van der Waals surface area contributed by atoms with E-state index in [1.807, 2.05) is 24.0 Å². The van der Waals surface area contributed by atoms with Crippen molar-refractivity contribution in [2.24, 2.45) is 0 Å². The Morgan fingerprint density at radius 2 is 2.08 bits per heavy atom. The van der Waals surface area contributed by atoms with E-state index in [9.17, 15) is 9.59 Å². The van der Waals surface area contributed by atoms with Crippen LogP contribution in [-0.2, 0) is 14.3 Å². The van der Waals surface area contributed by atoms with Crippen molar-refractivity contribution in [1.29, 1.82) is 0 Å². The summed E-state index contributed by atoms with van der Waals surface area (Å²) in [5.41, 5.74) is 2.04. The molecule has 2 amide bonds. The molecule has 0 aromatic heterocycles. The summed E-state index contributed by atoms with van der Waals surface area (Å²) in [5.74, 6) is 0.470. The monoisotopic (exact) mass is 374 g/mol. The average Bonchev–Trinajstić information content (AvgIpc) is 2.98. The maximum absolute atomic E-state index is 12.9. The number of fused-ring (bicyclic) bond motifs is 1. The zero-order valence-corrected chi connectivity index (χ0v) is 16.1. The molecule has 1 aromatic rings. The first-order chi connectivity index (χ1) is 12.6. The van der Waals surface area contributed by atoms with Crippen LogP contribution in [0, 0.1) is 6.92 Å². The fraction of sp³-hybridized carbons (Fsp3) is 0.600. The Bertz CT molecular complexity index is 715. The second-order valence-electron chi connectivity index (χ2n) is 7.61. The van der Waals surface area contributed by atoms with Crippen molar-refractivity contribution in [2.45, 2.75) is 49.5 Å². The van der Waals surface area contributed by atoms with Crippen LogP contribution < -0.4 is 4.90 Å². The number of hydrogen-bond donors (Lipinski definition) is 0. The Kier molecular flexibility index (Phi) is 4.97. The molecule has 0 radical (unpaired) electrons. The zero-order chi connectivity index (χ0) is 18.1. The fourth-order valence-corrected chi connectivity index (χ4v) is 5.32. The van der Waals surface area contributed by atoms with Crippen molar-refractivity contribution in [2.75, 3.05) is 36.9 Å². The highest BCUT2D eigenvalue weighted by atomic mass is 32.2. The quantitative estimate of drug-likeness (QED) is 0.799. The minimum Gasteiger partial charge on any atom is -0.375 e. The number of amides is 2. The first kappa shape index (κ1) is 17.9. The molecule has 3 heterocycles. The first-order valence-corrected chi connectivity index (χ1v) is 10.5. The zero-order valence-electron chi connectivity index (χ0n) is 15.3. The summed E-state index contributed by atoms with van der Waals surface area (Å²) < 4.78 is 6.01. The normalized spacial score (nSPS) is 26.1. The number of likely N-dealkylation sites (tertiary alicyclic amines) is 1. The van der Waals surface area contributed by atoms with Gasteiger partial charge in [0.2, 0.25) is 11.8 Å². The van der Waals surface area contributed by atoms with Crippen molar-refractivity contribution in [3.63, 3.8) is 0 Å². The number of benzene rings is 1. The lowest BCUT2D eigenvalue weighted by Gasteiger charge is -2.31. The number of anilines is 1. The highest BCUT2D eigenvalue weighted by Crippen LogP contribution is 2.37. The Balaban J connectivity index is 1.45. The molecule has 0 saturated carbocycles. The van der Waals surface area contributed by atoms with Gasteiger partial charge in [-0.05, 0) is 56.7 Å². The number of ether oxygens (including phenoxy) is 1. The van der Waals surface area contributed by atoms with Crippen molar-refractivity contribution in [1.82, 2.24) is 4.90 Å². The van der Waals surface area contributed by atoms with Gasteiger partial charge in [0.25, 0.3) is 0 Å². The molecule has 0 N–H and O–H groups in total. The molecule has 3 aliphatic heterocycles. The summed E-state index contributed by atoms with van der Waals surface area (Å²) in [6.07, 6.45) is 5.18. The standard InChI is InChI=1S/C20H26N2O3S/c1-15-4-5-16-17(12-15)26-14-19(24)22(16)13-18(23)21-9-2-6-20(8-10-21)7-3-11-25-20/h4-5,12H,2-3,6-11,13-14H2,1H3/t20-/m1/s1. The van der Waals surface area contributed by atoms with E-state index in [1.54, 1.807) is 16.7 Å². The fourth-order valence-electron chi connectivity index (χ4n) is 4.29. The molecule has 140 valence electrons. The van der Waals surface area contributed by atoms with Gasteiger partial charge in [0.05, 0.1) is 17.0 Å². The lowest BCUT2D eigenvalue weighted by molar-refractivity contribution is -0.131. The van der Waals surface area contributed by atoms with E-state index in [-0.39, 0.29) is 24.0 Å². The van der Waals surface area contributed by atoms with Crippen LogP contribution in [0.4, 0.5) is 5.69 Å². The van der Waals surface area contributed by atoms with E-state index in [2.05, 4.69) is 6.07 Å². The van der Waals surface area contributed by atoms with Gasteiger partial charge in [-0.25, -0.2) is 0 Å². The van der Waals surface area contributed by atoms with Gasteiger partial charge in [-0.1, -0.05) is 6.07 Å². The average molecular weight is 375 g/mol. The van der Waals surface area contributed by atoms with E-state index in [0.29, 0.717) is 5.75 Å². The van der Waals surface area contributed by atoms with Crippen LogP contribution in [0.15, 0.2) is 23.1 Å². The lowest BCUT2D eigenvalue weighted by Crippen LogP contribution is -2.45. The Hall–Kier alpha value is -1.53. The van der Waals surface area contributed by atoms with Crippen LogP contribution in [-0.4, -0.2) is 54.3 Å². The summed E-state index contributed by atoms with van der Waals surface area (Å²) in [7, 11) is 0. The van der Waals surface area contributed by atoms with Gasteiger partial charge >= 0.3 is 0 Å². The summed E-state index contributed by atoms with van der Waals surface area (Å²) in [4.78, 5) is 30.1. The van der Waals surface area contributed by atoms with Crippen LogP contribution in [0.25, 0.3) is 0 Å². The largest absolute Gasteiger partial charge is 0.375 e. The predicted octanol–water partition coefficient (Wildman–Crippen LogP) is 3.00. The Labute approximate surface area is 159 Å². The molecule has 2 saturated heterocycles. The number of thioether (sulfide) groups is 1. The second-order valence-corrected chi connectivity index (χ2v) is 8.63. The molecule has 0 aliphatic carbocycles. The molecule has 1 spiro atoms. The molecule has 1 atom stereocenters. The van der Waals surface area contributed by atoms with Crippen LogP contribution in [0.3, 0.4) is 0 Å². The molecule has 0 bridgehead atoms. The summed E-state index contributed by atoms with van der Waals surface area (Å²) in [6.45, 7) is 4.54. The highest BCUT2D eigenvalue weighted by molar-refractivity contribution is 8.00. The van der Waals surface area contributed by atoms with Gasteiger partial charge in [-0.2, -0.15) is 0 Å². The molecular weight excluding hydrogens is 348 g/mol. The van der Waals surface area contributed by atoms with Crippen LogP contribution >= 0.6 is 11.8 Å². The van der Waals surface area contributed by atoms with E-state index in [4.69, 9.17) is 4.74 Å². The van der Waals surface area contributed by atoms with E-state index < -0.39 is 0 Å². The molecule has 6 heteroatoms. The Morgan fingerprint density at radius 1 is 1.23 bits per heavy atom. The van der Waals surface area contributed by atoms with Crippen molar-refractivity contribution in [3.8, 4) is 0 Å². The predicted molar refractivity (Wildman–Crippen MR) is 103 cm³/mol. The minimum atomic E-state index is -0.00323. The number of nitrogens with zero attached hydrogens (tertiary/aromatic N) is 2. The molecule has 1 aromatic carbocycles. The van der Waals surface area contributed by atoms with E-state index in [1.165, 1.54) is 5.56 Å². The summed E-state index contributed by atoms with van der Waals surface area (Å²) in [5, 5.41) is 0. The minimum absolute atomic E-state index is 0.00323. The smallest absolute Gasteiger partial charge is 0.242 e. The SMILES string of the molecule is Cc1ccc2c(c1)SCC(=O)N2CC(=O)N1CCC[C@@]2(CCCO2)CC1. The lowest BCUT2D eigenvalue weighted by atomic mass is 9.92. The Morgan fingerprint density at radius 3 is 2.88 bits per heavy atom. The van der Waals surface area contributed by atoms with Crippen molar-refractivity contribution >= 4 is 29.3 Å². The van der Waals surface area contributed by atoms with Gasteiger partial charge in [0, 0.05) is 24.6 Å². The maximum Gasteiger partial charge on any atom is 0.242 e. The number of hydrogen-bond acceptors (Lipinski definition) is 4. The number of rotatable bonds is 2.